The second kappa shape index (κ2) is 8.20. The molecule has 2 N–H and O–H groups in total. The summed E-state index contributed by atoms with van der Waals surface area (Å²) in [6.45, 7) is 10.4. The van der Waals surface area contributed by atoms with E-state index in [1.54, 1.807) is 0 Å². The van der Waals surface area contributed by atoms with Crippen molar-refractivity contribution in [3.8, 4) is 0 Å². The summed E-state index contributed by atoms with van der Waals surface area (Å²) in [5, 5.41) is 7.23. The summed E-state index contributed by atoms with van der Waals surface area (Å²) in [6, 6.07) is 0.536. The first-order valence-corrected chi connectivity index (χ1v) is 7.98. The summed E-state index contributed by atoms with van der Waals surface area (Å²) in [4.78, 5) is 0. The molecule has 0 aromatic rings. The topological polar surface area (TPSA) is 42.5 Å². The first-order chi connectivity index (χ1) is 9.35. The lowest BCUT2D eigenvalue weighted by molar-refractivity contribution is 0.0869. The molecule has 112 valence electrons. The summed E-state index contributed by atoms with van der Waals surface area (Å²) < 4.78 is 11.3. The third kappa shape index (κ3) is 4.42. The van der Waals surface area contributed by atoms with E-state index in [2.05, 4.69) is 24.5 Å². The molecule has 0 saturated carbocycles. The average Bonchev–Trinajstić information content (AvgIpc) is 3.05. The van der Waals surface area contributed by atoms with Crippen LogP contribution < -0.4 is 10.6 Å². The zero-order valence-electron chi connectivity index (χ0n) is 12.5. The van der Waals surface area contributed by atoms with Crippen molar-refractivity contribution in [3.05, 3.63) is 0 Å². The Kier molecular flexibility index (Phi) is 6.57. The number of ether oxygens (including phenoxy) is 2. The standard InChI is InChI=1S/C15H30N2O2/c1-3-6-17-14-11-18-10-13(14)9-16-8-12-5-7-19-15(12)4-2/h12-17H,3-11H2,1-2H3. The van der Waals surface area contributed by atoms with Crippen LogP contribution in [0.1, 0.15) is 33.1 Å². The number of nitrogens with one attached hydrogen (secondary N) is 2. The molecule has 4 atom stereocenters. The van der Waals surface area contributed by atoms with Crippen LogP contribution in [-0.2, 0) is 9.47 Å². The van der Waals surface area contributed by atoms with Crippen molar-refractivity contribution in [2.75, 3.05) is 39.5 Å². The second-order valence-corrected chi connectivity index (χ2v) is 5.88. The Morgan fingerprint density at radius 1 is 1.11 bits per heavy atom. The van der Waals surface area contributed by atoms with Crippen molar-refractivity contribution in [1.82, 2.24) is 10.6 Å². The average molecular weight is 270 g/mol. The Balaban J connectivity index is 1.64. The highest BCUT2D eigenvalue weighted by Gasteiger charge is 2.29. The van der Waals surface area contributed by atoms with Crippen molar-refractivity contribution < 1.29 is 9.47 Å². The number of hydrogen-bond acceptors (Lipinski definition) is 4. The van der Waals surface area contributed by atoms with Crippen molar-refractivity contribution in [2.45, 2.75) is 45.3 Å². The van der Waals surface area contributed by atoms with E-state index in [-0.39, 0.29) is 0 Å². The van der Waals surface area contributed by atoms with Gasteiger partial charge < -0.3 is 20.1 Å². The molecular weight excluding hydrogens is 240 g/mol. The molecule has 4 nitrogen and oxygen atoms in total. The lowest BCUT2D eigenvalue weighted by atomic mass is 9.98. The van der Waals surface area contributed by atoms with Crippen LogP contribution in [0, 0.1) is 11.8 Å². The van der Waals surface area contributed by atoms with Gasteiger partial charge in [0.25, 0.3) is 0 Å². The highest BCUT2D eigenvalue weighted by atomic mass is 16.5. The van der Waals surface area contributed by atoms with Gasteiger partial charge in [-0.15, -0.1) is 0 Å². The quantitative estimate of drug-likeness (QED) is 0.700. The Hall–Kier alpha value is -0.160. The lowest BCUT2D eigenvalue weighted by Gasteiger charge is -2.22. The summed E-state index contributed by atoms with van der Waals surface area (Å²) in [5.41, 5.74) is 0. The molecule has 2 rings (SSSR count). The van der Waals surface area contributed by atoms with Crippen molar-refractivity contribution in [1.29, 1.82) is 0 Å². The van der Waals surface area contributed by atoms with E-state index in [0.29, 0.717) is 24.0 Å². The van der Waals surface area contributed by atoms with Crippen molar-refractivity contribution in [3.63, 3.8) is 0 Å². The normalized spacial score (nSPS) is 35.1. The molecule has 4 unspecified atom stereocenters. The molecule has 0 spiro atoms. The maximum absolute atomic E-state index is 5.73. The van der Waals surface area contributed by atoms with Gasteiger partial charge in [0.2, 0.25) is 0 Å². The van der Waals surface area contributed by atoms with E-state index >= 15 is 0 Å². The molecule has 2 saturated heterocycles. The first-order valence-electron chi connectivity index (χ1n) is 7.98. The Bertz CT molecular complexity index is 250. The van der Waals surface area contributed by atoms with Crippen LogP contribution in [0.5, 0.6) is 0 Å². The zero-order chi connectivity index (χ0) is 13.5. The van der Waals surface area contributed by atoms with Gasteiger partial charge in [-0.3, -0.25) is 0 Å². The summed E-state index contributed by atoms with van der Waals surface area (Å²) >= 11 is 0. The second-order valence-electron chi connectivity index (χ2n) is 5.88. The fourth-order valence-electron chi connectivity index (χ4n) is 3.19. The molecule has 2 heterocycles. The molecule has 2 aliphatic heterocycles. The van der Waals surface area contributed by atoms with Gasteiger partial charge in [0.15, 0.2) is 0 Å². The Morgan fingerprint density at radius 2 is 1.95 bits per heavy atom. The van der Waals surface area contributed by atoms with Crippen LogP contribution in [0.25, 0.3) is 0 Å². The number of rotatable bonds is 8. The highest BCUT2D eigenvalue weighted by molar-refractivity contribution is 4.84. The van der Waals surface area contributed by atoms with E-state index in [1.807, 2.05) is 0 Å². The molecule has 0 aliphatic carbocycles. The molecule has 2 fully saturated rings. The smallest absolute Gasteiger partial charge is 0.0623 e. The third-order valence-electron chi connectivity index (χ3n) is 4.42. The largest absolute Gasteiger partial charge is 0.379 e. The Morgan fingerprint density at radius 3 is 2.74 bits per heavy atom. The zero-order valence-corrected chi connectivity index (χ0v) is 12.5. The Labute approximate surface area is 117 Å². The van der Waals surface area contributed by atoms with E-state index in [9.17, 15) is 0 Å². The predicted molar refractivity (Wildman–Crippen MR) is 77.4 cm³/mol. The molecule has 0 radical (unpaired) electrons. The fourth-order valence-corrected chi connectivity index (χ4v) is 3.19. The monoisotopic (exact) mass is 270 g/mol. The number of hydrogen-bond donors (Lipinski definition) is 2. The minimum absolute atomic E-state index is 0.473. The van der Waals surface area contributed by atoms with Gasteiger partial charge in [0, 0.05) is 31.7 Å². The van der Waals surface area contributed by atoms with Crippen molar-refractivity contribution >= 4 is 0 Å². The van der Waals surface area contributed by atoms with Crippen LogP contribution in [0.4, 0.5) is 0 Å². The third-order valence-corrected chi connectivity index (χ3v) is 4.42. The molecule has 0 amide bonds. The molecular formula is C15H30N2O2. The van der Waals surface area contributed by atoms with Crippen LogP contribution in [0.15, 0.2) is 0 Å². The molecule has 2 aliphatic rings. The minimum atomic E-state index is 0.473. The minimum Gasteiger partial charge on any atom is -0.379 e. The van der Waals surface area contributed by atoms with E-state index in [4.69, 9.17) is 9.47 Å². The maximum atomic E-state index is 5.73. The van der Waals surface area contributed by atoms with Gasteiger partial charge in [0.05, 0.1) is 19.3 Å². The van der Waals surface area contributed by atoms with Crippen LogP contribution in [0.2, 0.25) is 0 Å². The van der Waals surface area contributed by atoms with Crippen LogP contribution >= 0.6 is 0 Å². The van der Waals surface area contributed by atoms with Gasteiger partial charge in [-0.1, -0.05) is 13.8 Å². The SMILES string of the molecule is CCCNC1COCC1CNCC1CCOC1CC. The fraction of sp³-hybridized carbons (Fsp3) is 1.00. The molecule has 19 heavy (non-hydrogen) atoms. The van der Waals surface area contributed by atoms with Crippen LogP contribution in [0.3, 0.4) is 0 Å². The van der Waals surface area contributed by atoms with Crippen molar-refractivity contribution in [2.24, 2.45) is 11.8 Å². The first kappa shape index (κ1) is 15.2. The molecule has 4 heteroatoms. The van der Waals surface area contributed by atoms with Crippen LogP contribution in [-0.4, -0.2) is 51.6 Å². The van der Waals surface area contributed by atoms with Gasteiger partial charge in [-0.25, -0.2) is 0 Å². The lowest BCUT2D eigenvalue weighted by Crippen LogP contribution is -2.41. The van der Waals surface area contributed by atoms with E-state index < -0.39 is 0 Å². The summed E-state index contributed by atoms with van der Waals surface area (Å²) in [6.07, 6.45) is 4.01. The molecule has 0 aromatic heterocycles. The van der Waals surface area contributed by atoms with E-state index in [1.165, 1.54) is 12.8 Å². The van der Waals surface area contributed by atoms with Gasteiger partial charge in [0.1, 0.15) is 0 Å². The van der Waals surface area contributed by atoms with E-state index in [0.717, 1.165) is 45.9 Å². The predicted octanol–water partition coefficient (Wildman–Crippen LogP) is 1.41. The van der Waals surface area contributed by atoms with Gasteiger partial charge >= 0.3 is 0 Å². The van der Waals surface area contributed by atoms with Gasteiger partial charge in [-0.05, 0) is 31.7 Å². The molecule has 0 aromatic carbocycles. The maximum Gasteiger partial charge on any atom is 0.0623 e. The summed E-state index contributed by atoms with van der Waals surface area (Å²) in [7, 11) is 0. The highest BCUT2D eigenvalue weighted by Crippen LogP contribution is 2.22. The molecule has 0 bridgehead atoms. The van der Waals surface area contributed by atoms with Gasteiger partial charge in [-0.2, -0.15) is 0 Å². The summed E-state index contributed by atoms with van der Waals surface area (Å²) in [5.74, 6) is 1.32.